The Morgan fingerprint density at radius 1 is 1.11 bits per heavy atom. The van der Waals surface area contributed by atoms with Gasteiger partial charge in [0.25, 0.3) is 11.6 Å². The summed E-state index contributed by atoms with van der Waals surface area (Å²) in [5, 5.41) is 17.9. The first kappa shape index (κ1) is 24.4. The minimum atomic E-state index is -0.650. The molecule has 4 aromatic rings. The molecular formula is C24H16ClFN4O6. The number of benzene rings is 3. The van der Waals surface area contributed by atoms with E-state index in [1.807, 2.05) is 0 Å². The van der Waals surface area contributed by atoms with Crippen molar-refractivity contribution >= 4 is 52.0 Å². The lowest BCUT2D eigenvalue weighted by Crippen LogP contribution is -2.20. The minimum Gasteiger partial charge on any atom is -0.482 e. The summed E-state index contributed by atoms with van der Waals surface area (Å²) in [6, 6.07) is 15.3. The molecule has 0 fully saturated rings. The van der Waals surface area contributed by atoms with Gasteiger partial charge in [-0.15, -0.1) is 0 Å². The number of halogens is 2. The first-order chi connectivity index (χ1) is 17.3. The van der Waals surface area contributed by atoms with Gasteiger partial charge in [-0.2, -0.15) is 5.10 Å². The Bertz CT molecular complexity index is 1490. The van der Waals surface area contributed by atoms with Crippen molar-refractivity contribution in [3.05, 3.63) is 99.0 Å². The van der Waals surface area contributed by atoms with Gasteiger partial charge in [0, 0.05) is 23.2 Å². The van der Waals surface area contributed by atoms with E-state index in [4.69, 9.17) is 20.8 Å². The highest BCUT2D eigenvalue weighted by molar-refractivity contribution is 6.32. The number of nitrogens with one attached hydrogen (secondary N) is 2. The van der Waals surface area contributed by atoms with Gasteiger partial charge in [-0.05, 0) is 60.2 Å². The molecule has 0 spiro atoms. The number of fused-ring (bicyclic) bond motifs is 1. The number of carbonyl (C=O) groups is 2. The largest absolute Gasteiger partial charge is 0.482 e. The van der Waals surface area contributed by atoms with Crippen LogP contribution in [0.15, 0.2) is 76.2 Å². The van der Waals surface area contributed by atoms with Crippen LogP contribution in [0.2, 0.25) is 5.02 Å². The van der Waals surface area contributed by atoms with Gasteiger partial charge in [0.05, 0.1) is 16.2 Å². The molecule has 0 saturated heterocycles. The highest BCUT2D eigenvalue weighted by Gasteiger charge is 2.14. The molecule has 182 valence electrons. The number of hydrazone groups is 1. The number of nitro groups is 1. The van der Waals surface area contributed by atoms with E-state index >= 15 is 0 Å². The van der Waals surface area contributed by atoms with Crippen molar-refractivity contribution in [1.82, 2.24) is 5.43 Å². The van der Waals surface area contributed by atoms with Crippen LogP contribution in [-0.2, 0) is 4.79 Å². The highest BCUT2D eigenvalue weighted by atomic mass is 35.5. The van der Waals surface area contributed by atoms with Crippen molar-refractivity contribution in [3.8, 4) is 5.75 Å². The number of amides is 2. The predicted molar refractivity (Wildman–Crippen MR) is 130 cm³/mol. The van der Waals surface area contributed by atoms with Crippen molar-refractivity contribution in [2.75, 3.05) is 11.9 Å². The molecule has 0 bridgehead atoms. The van der Waals surface area contributed by atoms with Gasteiger partial charge in [-0.1, -0.05) is 11.6 Å². The van der Waals surface area contributed by atoms with E-state index in [9.17, 15) is 24.1 Å². The number of non-ortho nitro benzene ring substituents is 1. The van der Waals surface area contributed by atoms with E-state index in [2.05, 4.69) is 15.8 Å². The third kappa shape index (κ3) is 6.02. The van der Waals surface area contributed by atoms with Crippen LogP contribution in [0.4, 0.5) is 15.8 Å². The lowest BCUT2D eigenvalue weighted by molar-refractivity contribution is -0.384. The zero-order valence-electron chi connectivity index (χ0n) is 18.2. The number of nitrogens with zero attached hydrogens (tertiary/aromatic N) is 2. The third-order valence-corrected chi connectivity index (χ3v) is 5.05. The van der Waals surface area contributed by atoms with Crippen molar-refractivity contribution < 1.29 is 28.1 Å². The molecule has 0 aliphatic rings. The molecule has 2 N–H and O–H groups in total. The molecule has 0 radical (unpaired) electrons. The molecule has 3 aromatic carbocycles. The molecule has 4 rings (SSSR count). The van der Waals surface area contributed by atoms with Gasteiger partial charge in [0.15, 0.2) is 12.4 Å². The summed E-state index contributed by atoms with van der Waals surface area (Å²) in [4.78, 5) is 34.6. The number of hydrogen-bond donors (Lipinski definition) is 2. The third-order valence-electron chi connectivity index (χ3n) is 4.76. The van der Waals surface area contributed by atoms with Crippen LogP contribution in [0.5, 0.6) is 5.75 Å². The second kappa shape index (κ2) is 10.7. The van der Waals surface area contributed by atoms with E-state index in [1.54, 1.807) is 6.07 Å². The zero-order valence-corrected chi connectivity index (χ0v) is 19.0. The quantitative estimate of drug-likeness (QED) is 0.196. The van der Waals surface area contributed by atoms with Crippen molar-refractivity contribution in [2.45, 2.75) is 0 Å². The highest BCUT2D eigenvalue weighted by Crippen LogP contribution is 2.26. The van der Waals surface area contributed by atoms with Gasteiger partial charge >= 0.3 is 5.91 Å². The standard InChI is InChI=1S/C24H16ClFN4O6/c25-19-9-14(1-7-21(19)35-13-23(31)28-17-4-2-16(26)3-5-17)12-27-29-24(32)22-11-15-10-18(30(33)34)6-8-20(15)36-22/h1-12H,13H2,(H,28,31)(H,29,32)/b27-12-. The molecule has 2 amide bonds. The monoisotopic (exact) mass is 510 g/mol. The molecule has 1 aromatic heterocycles. The SMILES string of the molecule is O=C(COc1ccc(/C=N\NC(=O)c2cc3cc([N+](=O)[O-])ccc3o2)cc1Cl)Nc1ccc(F)cc1. The van der Waals surface area contributed by atoms with Crippen LogP contribution in [0.1, 0.15) is 16.1 Å². The smallest absolute Gasteiger partial charge is 0.307 e. The van der Waals surface area contributed by atoms with Crippen LogP contribution in [0.3, 0.4) is 0 Å². The van der Waals surface area contributed by atoms with Crippen LogP contribution in [0.25, 0.3) is 11.0 Å². The Morgan fingerprint density at radius 2 is 1.89 bits per heavy atom. The van der Waals surface area contributed by atoms with Gasteiger partial charge in [0.1, 0.15) is 17.1 Å². The van der Waals surface area contributed by atoms with Crippen LogP contribution >= 0.6 is 11.6 Å². The normalized spacial score (nSPS) is 10.9. The summed E-state index contributed by atoms with van der Waals surface area (Å²) in [7, 11) is 0. The second-order valence-electron chi connectivity index (χ2n) is 7.32. The number of ether oxygens (including phenoxy) is 1. The van der Waals surface area contributed by atoms with E-state index in [0.717, 1.165) is 0 Å². The van der Waals surface area contributed by atoms with E-state index in [1.165, 1.54) is 66.9 Å². The van der Waals surface area contributed by atoms with Crippen molar-refractivity contribution in [2.24, 2.45) is 5.10 Å². The molecule has 0 aliphatic carbocycles. The first-order valence-corrected chi connectivity index (χ1v) is 10.7. The van der Waals surface area contributed by atoms with E-state index in [-0.39, 0.29) is 28.8 Å². The average molecular weight is 511 g/mol. The van der Waals surface area contributed by atoms with E-state index in [0.29, 0.717) is 22.2 Å². The minimum absolute atomic E-state index is 0.0663. The van der Waals surface area contributed by atoms with E-state index < -0.39 is 22.6 Å². The van der Waals surface area contributed by atoms with Crippen LogP contribution in [-0.4, -0.2) is 29.6 Å². The predicted octanol–water partition coefficient (Wildman–Crippen LogP) is 4.91. The topological polar surface area (TPSA) is 136 Å². The molecule has 0 atom stereocenters. The Hall–Kier alpha value is -4.77. The summed E-state index contributed by atoms with van der Waals surface area (Å²) in [6.45, 7) is -0.318. The Morgan fingerprint density at radius 3 is 2.61 bits per heavy atom. The van der Waals surface area contributed by atoms with Gasteiger partial charge in [-0.3, -0.25) is 19.7 Å². The Balaban J connectivity index is 1.31. The number of anilines is 1. The number of hydrogen-bond acceptors (Lipinski definition) is 7. The number of furan rings is 1. The van der Waals surface area contributed by atoms with Gasteiger partial charge in [0.2, 0.25) is 0 Å². The zero-order chi connectivity index (χ0) is 25.7. The van der Waals surface area contributed by atoms with Gasteiger partial charge < -0.3 is 14.5 Å². The molecule has 0 aliphatic heterocycles. The maximum atomic E-state index is 12.9. The van der Waals surface area contributed by atoms with Crippen LogP contribution < -0.4 is 15.5 Å². The fraction of sp³-hybridized carbons (Fsp3) is 0.0417. The first-order valence-electron chi connectivity index (χ1n) is 10.3. The summed E-state index contributed by atoms with van der Waals surface area (Å²) in [6.07, 6.45) is 1.34. The summed E-state index contributed by atoms with van der Waals surface area (Å²) < 4.78 is 23.7. The number of rotatable bonds is 8. The molecule has 12 heteroatoms. The maximum absolute atomic E-state index is 12.9. The molecule has 10 nitrogen and oxygen atoms in total. The lowest BCUT2D eigenvalue weighted by atomic mass is 10.2. The fourth-order valence-corrected chi connectivity index (χ4v) is 3.31. The summed E-state index contributed by atoms with van der Waals surface area (Å²) in [5.74, 6) is -1.33. The summed E-state index contributed by atoms with van der Waals surface area (Å²) >= 11 is 6.20. The second-order valence-corrected chi connectivity index (χ2v) is 7.73. The Kier molecular flexibility index (Phi) is 7.21. The Labute approximate surface area is 207 Å². The molecule has 1 heterocycles. The molecule has 36 heavy (non-hydrogen) atoms. The maximum Gasteiger partial charge on any atom is 0.307 e. The lowest BCUT2D eigenvalue weighted by Gasteiger charge is -2.09. The van der Waals surface area contributed by atoms with Crippen LogP contribution in [0, 0.1) is 15.9 Å². The molecule has 0 saturated carbocycles. The van der Waals surface area contributed by atoms with Crippen molar-refractivity contribution in [1.29, 1.82) is 0 Å². The molecular weight excluding hydrogens is 495 g/mol. The fourth-order valence-electron chi connectivity index (χ4n) is 3.06. The number of carbonyl (C=O) groups excluding carboxylic acids is 2. The average Bonchev–Trinajstić information content (AvgIpc) is 3.28. The summed E-state index contributed by atoms with van der Waals surface area (Å²) in [5.41, 5.74) is 3.46. The van der Waals surface area contributed by atoms with Gasteiger partial charge in [-0.25, -0.2) is 9.82 Å². The number of nitro benzene ring substituents is 1. The molecule has 0 unspecified atom stereocenters. The van der Waals surface area contributed by atoms with Crippen molar-refractivity contribution in [3.63, 3.8) is 0 Å².